The van der Waals surface area contributed by atoms with Crippen molar-refractivity contribution in [3.63, 3.8) is 0 Å². The second kappa shape index (κ2) is 7.91. The first-order valence-electron chi connectivity index (χ1n) is 7.17. The maximum absolute atomic E-state index is 2.63. The SMILES string of the molecule is CCCC[CH](CC[CH2][Sn]([CH3])([CH3])[CH3])[Sn]([CH3])([CH3])[CH3]. The first kappa shape index (κ1) is 17.6. The first-order chi connectivity index (χ1) is 7.17. The van der Waals surface area contributed by atoms with Gasteiger partial charge in [0.1, 0.15) is 0 Å². The van der Waals surface area contributed by atoms with Crippen molar-refractivity contribution in [1.82, 2.24) is 0 Å². The van der Waals surface area contributed by atoms with E-state index >= 15 is 0 Å². The van der Waals surface area contributed by atoms with Gasteiger partial charge in [0.15, 0.2) is 0 Å². The molecule has 2 heteroatoms. The zero-order valence-electron chi connectivity index (χ0n) is 12.8. The molecule has 0 amide bonds. The third-order valence-corrected chi connectivity index (χ3v) is 17.5. The third-order valence-electron chi connectivity index (χ3n) is 3.61. The molecule has 0 spiro atoms. The van der Waals surface area contributed by atoms with Crippen molar-refractivity contribution in [2.75, 3.05) is 0 Å². The van der Waals surface area contributed by atoms with Gasteiger partial charge >= 0.3 is 114 Å². The molecule has 0 nitrogen and oxygen atoms in total. The van der Waals surface area contributed by atoms with E-state index in [-0.39, 0.29) is 0 Å². The predicted octanol–water partition coefficient (Wildman–Crippen LogP) is 6.00. The fourth-order valence-corrected chi connectivity index (χ4v) is 12.1. The second-order valence-electron chi connectivity index (χ2n) is 7.66. The Morgan fingerprint density at radius 2 is 1.31 bits per heavy atom. The molecular formula is C14H34Sn2. The van der Waals surface area contributed by atoms with Gasteiger partial charge in [0, 0.05) is 0 Å². The van der Waals surface area contributed by atoms with Gasteiger partial charge in [-0.3, -0.25) is 0 Å². The van der Waals surface area contributed by atoms with Gasteiger partial charge in [-0.1, -0.05) is 0 Å². The average Bonchev–Trinajstić information content (AvgIpc) is 2.06. The van der Waals surface area contributed by atoms with Gasteiger partial charge in [-0.05, 0) is 0 Å². The van der Waals surface area contributed by atoms with Crippen LogP contribution in [0.4, 0.5) is 0 Å². The number of hydrogen-bond acceptors (Lipinski definition) is 0. The fourth-order valence-electron chi connectivity index (χ4n) is 2.34. The quantitative estimate of drug-likeness (QED) is 0.407. The molecular weight excluding hydrogens is 406 g/mol. The summed E-state index contributed by atoms with van der Waals surface area (Å²) >= 11 is -3.09. The minimum absolute atomic E-state index is 1.16. The molecule has 0 aliphatic heterocycles. The zero-order chi connectivity index (χ0) is 12.8. The van der Waals surface area contributed by atoms with E-state index in [1.165, 1.54) is 19.3 Å². The van der Waals surface area contributed by atoms with Crippen molar-refractivity contribution in [3.05, 3.63) is 0 Å². The standard InChI is InChI=1S/C8H16.6CH3.2Sn/c1-3-5-7-8-6-4-2;;;;;;;;/h7H,1,3-6,8H2,2H3;6*1H3;;. The topological polar surface area (TPSA) is 0 Å². The van der Waals surface area contributed by atoms with Crippen molar-refractivity contribution in [2.45, 2.75) is 77.0 Å². The number of rotatable bonds is 8. The Morgan fingerprint density at radius 3 is 1.69 bits per heavy atom. The Hall–Kier alpha value is 1.60. The van der Waals surface area contributed by atoms with Crippen molar-refractivity contribution in [2.24, 2.45) is 0 Å². The van der Waals surface area contributed by atoms with Gasteiger partial charge in [-0.15, -0.1) is 0 Å². The van der Waals surface area contributed by atoms with Crippen LogP contribution in [0, 0.1) is 0 Å². The van der Waals surface area contributed by atoms with Crippen LogP contribution in [0.5, 0.6) is 0 Å². The van der Waals surface area contributed by atoms with Crippen LogP contribution in [-0.2, 0) is 0 Å². The van der Waals surface area contributed by atoms with Crippen molar-refractivity contribution < 1.29 is 0 Å². The molecule has 0 aliphatic rings. The summed E-state index contributed by atoms with van der Waals surface area (Å²) in [7, 11) is 0. The summed E-state index contributed by atoms with van der Waals surface area (Å²) in [5, 5.41) is 0. The van der Waals surface area contributed by atoms with Crippen LogP contribution < -0.4 is 0 Å². The summed E-state index contributed by atoms with van der Waals surface area (Å²) in [6, 6.07) is 0. The van der Waals surface area contributed by atoms with Crippen molar-refractivity contribution in [3.8, 4) is 0 Å². The van der Waals surface area contributed by atoms with E-state index < -0.39 is 36.8 Å². The molecule has 0 aromatic rings. The molecule has 1 atom stereocenters. The van der Waals surface area contributed by atoms with E-state index in [9.17, 15) is 0 Å². The van der Waals surface area contributed by atoms with Crippen molar-refractivity contribution in [1.29, 1.82) is 0 Å². The van der Waals surface area contributed by atoms with Gasteiger partial charge < -0.3 is 0 Å². The van der Waals surface area contributed by atoms with Crippen LogP contribution in [0.25, 0.3) is 0 Å². The van der Waals surface area contributed by atoms with Crippen LogP contribution in [0.1, 0.15) is 39.0 Å². The van der Waals surface area contributed by atoms with Gasteiger partial charge in [-0.25, -0.2) is 0 Å². The second-order valence-corrected chi connectivity index (χ2v) is 39.5. The Balaban J connectivity index is 4.03. The summed E-state index contributed by atoms with van der Waals surface area (Å²) in [5.74, 6) is 0. The predicted molar refractivity (Wildman–Crippen MR) is 84.0 cm³/mol. The Morgan fingerprint density at radius 1 is 0.812 bits per heavy atom. The molecule has 0 heterocycles. The van der Waals surface area contributed by atoms with E-state index in [0.717, 1.165) is 3.93 Å². The van der Waals surface area contributed by atoms with E-state index in [1.807, 2.05) is 0 Å². The van der Waals surface area contributed by atoms with E-state index in [2.05, 4.69) is 36.6 Å². The number of hydrogen-bond donors (Lipinski definition) is 0. The fraction of sp³-hybridized carbons (Fsp3) is 1.00. The summed E-state index contributed by atoms with van der Waals surface area (Å²) in [5.41, 5.74) is 0. The Labute approximate surface area is 113 Å². The molecule has 0 fully saturated rings. The maximum atomic E-state index is 2.63. The van der Waals surface area contributed by atoms with Crippen LogP contribution in [0.3, 0.4) is 0 Å². The van der Waals surface area contributed by atoms with Crippen LogP contribution in [0.2, 0.25) is 38.0 Å². The molecule has 0 bridgehead atoms. The molecule has 0 aliphatic carbocycles. The molecule has 16 heavy (non-hydrogen) atoms. The zero-order valence-corrected chi connectivity index (χ0v) is 18.5. The summed E-state index contributed by atoms with van der Waals surface area (Å²) in [6.45, 7) is 2.33. The first-order valence-corrected chi connectivity index (χ1v) is 28.0. The van der Waals surface area contributed by atoms with Crippen molar-refractivity contribution >= 4 is 36.8 Å². The third kappa shape index (κ3) is 9.61. The van der Waals surface area contributed by atoms with Crippen LogP contribution in [0.15, 0.2) is 0 Å². The molecule has 0 rings (SSSR count). The van der Waals surface area contributed by atoms with Crippen LogP contribution >= 0.6 is 0 Å². The number of unbranched alkanes of at least 4 members (excludes halogenated alkanes) is 1. The average molecular weight is 440 g/mol. The Bertz CT molecular complexity index is 174. The van der Waals surface area contributed by atoms with Gasteiger partial charge in [0.25, 0.3) is 0 Å². The summed E-state index contributed by atoms with van der Waals surface area (Å²) in [6.07, 6.45) is 7.50. The summed E-state index contributed by atoms with van der Waals surface area (Å²) in [4.78, 5) is 15.6. The van der Waals surface area contributed by atoms with E-state index in [1.54, 1.807) is 17.3 Å². The molecule has 98 valence electrons. The molecule has 0 saturated heterocycles. The van der Waals surface area contributed by atoms with Gasteiger partial charge in [0.2, 0.25) is 0 Å². The molecule has 0 aromatic carbocycles. The molecule has 1 unspecified atom stereocenters. The minimum atomic E-state index is -1.62. The molecule has 0 saturated carbocycles. The molecule has 0 radical (unpaired) electrons. The molecule has 0 N–H and O–H groups in total. The van der Waals surface area contributed by atoms with Crippen LogP contribution in [-0.4, -0.2) is 36.8 Å². The monoisotopic (exact) mass is 442 g/mol. The van der Waals surface area contributed by atoms with E-state index in [4.69, 9.17) is 0 Å². The normalized spacial score (nSPS) is 15.2. The van der Waals surface area contributed by atoms with Gasteiger partial charge in [0.05, 0.1) is 0 Å². The Kier molecular flexibility index (Phi) is 8.70. The molecule has 0 aromatic heterocycles. The van der Waals surface area contributed by atoms with Gasteiger partial charge in [-0.2, -0.15) is 0 Å². The summed E-state index contributed by atoms with van der Waals surface area (Å²) < 4.78 is 2.77. The van der Waals surface area contributed by atoms with E-state index in [0.29, 0.717) is 0 Å².